The maximum absolute atomic E-state index is 12.0. The normalized spacial score (nSPS) is 12.2. The van der Waals surface area contributed by atoms with Crippen LogP contribution in [-0.2, 0) is 0 Å². The standard InChI is InChI=1S/C14H9BrN4O5/c15-11-4-3-9(23-11)12-18-19-14(24-12)17-13(20)16-7-1-2-8-10(5-7)22-6-21-8/h1-5H,6H2,(H2,16,17,19,20). The lowest BCUT2D eigenvalue weighted by Crippen LogP contribution is -2.19. The zero-order valence-electron chi connectivity index (χ0n) is 11.9. The van der Waals surface area contributed by atoms with E-state index in [2.05, 4.69) is 36.8 Å². The van der Waals surface area contributed by atoms with E-state index in [4.69, 9.17) is 18.3 Å². The van der Waals surface area contributed by atoms with Crippen molar-refractivity contribution >= 4 is 33.7 Å². The van der Waals surface area contributed by atoms with Crippen molar-refractivity contribution in [3.05, 3.63) is 35.0 Å². The predicted octanol–water partition coefficient (Wildman–Crippen LogP) is 3.46. The third-order valence-corrected chi connectivity index (χ3v) is 3.49. The van der Waals surface area contributed by atoms with Gasteiger partial charge in [0.1, 0.15) is 0 Å². The number of furan rings is 1. The number of rotatable bonds is 3. The second kappa shape index (κ2) is 5.89. The number of aromatic nitrogens is 2. The van der Waals surface area contributed by atoms with Gasteiger partial charge in [0.2, 0.25) is 6.79 Å². The Hall–Kier alpha value is -3.01. The van der Waals surface area contributed by atoms with Crippen LogP contribution in [0.15, 0.2) is 43.8 Å². The number of nitrogens with zero attached hydrogens (tertiary/aromatic N) is 2. The molecule has 0 saturated heterocycles. The van der Waals surface area contributed by atoms with E-state index in [1.165, 1.54) is 0 Å². The van der Waals surface area contributed by atoms with E-state index >= 15 is 0 Å². The molecule has 0 unspecified atom stereocenters. The minimum absolute atomic E-state index is 0.0595. The van der Waals surface area contributed by atoms with Gasteiger partial charge in [0, 0.05) is 11.8 Å². The number of benzene rings is 1. The highest BCUT2D eigenvalue weighted by molar-refractivity contribution is 9.10. The number of carbonyl (C=O) groups excluding carboxylic acids is 1. The van der Waals surface area contributed by atoms with Gasteiger partial charge < -0.3 is 23.6 Å². The van der Waals surface area contributed by atoms with Crippen LogP contribution in [0.1, 0.15) is 0 Å². The fourth-order valence-electron chi connectivity index (χ4n) is 2.04. The van der Waals surface area contributed by atoms with Gasteiger partial charge >= 0.3 is 12.0 Å². The van der Waals surface area contributed by atoms with E-state index in [0.29, 0.717) is 27.6 Å². The lowest BCUT2D eigenvalue weighted by molar-refractivity contribution is 0.174. The summed E-state index contributed by atoms with van der Waals surface area (Å²) in [6.45, 7) is 0.165. The van der Waals surface area contributed by atoms with E-state index in [1.807, 2.05) is 0 Å². The van der Waals surface area contributed by atoms with Crippen LogP contribution in [0, 0.1) is 0 Å². The van der Waals surface area contributed by atoms with Gasteiger partial charge in [-0.15, -0.1) is 5.10 Å². The Balaban J connectivity index is 1.42. The smallest absolute Gasteiger partial charge is 0.327 e. The van der Waals surface area contributed by atoms with Gasteiger partial charge in [-0.05, 0) is 40.2 Å². The molecule has 2 aromatic heterocycles. The van der Waals surface area contributed by atoms with Crippen LogP contribution >= 0.6 is 15.9 Å². The van der Waals surface area contributed by atoms with E-state index in [9.17, 15) is 4.79 Å². The summed E-state index contributed by atoms with van der Waals surface area (Å²) in [5, 5.41) is 12.6. The third kappa shape index (κ3) is 2.91. The van der Waals surface area contributed by atoms with Gasteiger partial charge in [-0.1, -0.05) is 5.10 Å². The largest absolute Gasteiger partial charge is 0.454 e. The monoisotopic (exact) mass is 392 g/mol. The fraction of sp³-hybridized carbons (Fsp3) is 0.0714. The molecule has 0 bridgehead atoms. The SMILES string of the molecule is O=C(Nc1ccc2c(c1)OCO2)Nc1nnc(-c2ccc(Br)o2)o1. The Labute approximate surface area is 143 Å². The van der Waals surface area contributed by atoms with Gasteiger partial charge in [-0.25, -0.2) is 4.79 Å². The lowest BCUT2D eigenvalue weighted by Gasteiger charge is -2.05. The highest BCUT2D eigenvalue weighted by atomic mass is 79.9. The molecule has 0 atom stereocenters. The molecular weight excluding hydrogens is 384 g/mol. The number of anilines is 2. The highest BCUT2D eigenvalue weighted by Gasteiger charge is 2.16. The van der Waals surface area contributed by atoms with E-state index < -0.39 is 6.03 Å². The van der Waals surface area contributed by atoms with Crippen LogP contribution in [-0.4, -0.2) is 23.0 Å². The van der Waals surface area contributed by atoms with Gasteiger partial charge in [0.05, 0.1) is 0 Å². The number of urea groups is 1. The van der Waals surface area contributed by atoms with Crippen LogP contribution in [0.3, 0.4) is 0 Å². The Bertz CT molecular complexity index is 906. The van der Waals surface area contributed by atoms with Crippen molar-refractivity contribution in [2.24, 2.45) is 0 Å². The number of ether oxygens (including phenoxy) is 2. The van der Waals surface area contributed by atoms with E-state index in [-0.39, 0.29) is 18.7 Å². The molecular formula is C14H9BrN4O5. The minimum Gasteiger partial charge on any atom is -0.454 e. The van der Waals surface area contributed by atoms with Gasteiger partial charge in [0.15, 0.2) is 21.9 Å². The molecule has 1 aliphatic rings. The molecule has 24 heavy (non-hydrogen) atoms. The summed E-state index contributed by atoms with van der Waals surface area (Å²) in [5.41, 5.74) is 0.534. The van der Waals surface area contributed by atoms with Gasteiger partial charge in [-0.2, -0.15) is 0 Å². The van der Waals surface area contributed by atoms with Crippen LogP contribution in [0.2, 0.25) is 0 Å². The molecule has 2 N–H and O–H groups in total. The second-order valence-electron chi connectivity index (χ2n) is 4.66. The molecule has 0 fully saturated rings. The molecule has 1 aliphatic heterocycles. The van der Waals surface area contributed by atoms with E-state index in [0.717, 1.165) is 0 Å². The maximum Gasteiger partial charge on any atom is 0.327 e. The molecule has 1 aromatic carbocycles. The molecule has 3 heterocycles. The van der Waals surface area contributed by atoms with Gasteiger partial charge in [-0.3, -0.25) is 5.32 Å². The number of amides is 2. The maximum atomic E-state index is 12.0. The molecule has 0 saturated carbocycles. The fourth-order valence-corrected chi connectivity index (χ4v) is 2.34. The predicted molar refractivity (Wildman–Crippen MR) is 84.9 cm³/mol. The first-order valence-electron chi connectivity index (χ1n) is 6.74. The molecule has 122 valence electrons. The summed E-state index contributed by atoms with van der Waals surface area (Å²) in [5.74, 6) is 1.74. The van der Waals surface area contributed by atoms with Gasteiger partial charge in [0.25, 0.3) is 5.89 Å². The van der Waals surface area contributed by atoms with Crippen LogP contribution in [0.25, 0.3) is 11.7 Å². The topological polar surface area (TPSA) is 112 Å². The van der Waals surface area contributed by atoms with Crippen molar-refractivity contribution in [2.45, 2.75) is 0 Å². The van der Waals surface area contributed by atoms with Crippen molar-refractivity contribution in [1.82, 2.24) is 10.2 Å². The number of hydrogen-bond donors (Lipinski definition) is 2. The lowest BCUT2D eigenvalue weighted by atomic mass is 10.3. The Morgan fingerprint density at radius 1 is 1.04 bits per heavy atom. The summed E-state index contributed by atoms with van der Waals surface area (Å²) in [6, 6.07) is 7.80. The third-order valence-electron chi connectivity index (χ3n) is 3.06. The number of fused-ring (bicyclic) bond motifs is 1. The molecule has 2 amide bonds. The number of hydrogen-bond acceptors (Lipinski definition) is 7. The summed E-state index contributed by atoms with van der Waals surface area (Å²) in [7, 11) is 0. The zero-order valence-corrected chi connectivity index (χ0v) is 13.5. The molecule has 3 aromatic rings. The van der Waals surface area contributed by atoms with Crippen molar-refractivity contribution in [2.75, 3.05) is 17.4 Å². The summed E-state index contributed by atoms with van der Waals surface area (Å²) >= 11 is 3.18. The number of nitrogens with one attached hydrogen (secondary N) is 2. The molecule has 0 aliphatic carbocycles. The average molecular weight is 393 g/mol. The first kappa shape index (κ1) is 14.6. The Morgan fingerprint density at radius 2 is 1.92 bits per heavy atom. The minimum atomic E-state index is -0.537. The van der Waals surface area contributed by atoms with E-state index in [1.54, 1.807) is 30.3 Å². The molecule has 9 nitrogen and oxygen atoms in total. The van der Waals surface area contributed by atoms with Crippen molar-refractivity contribution in [1.29, 1.82) is 0 Å². The van der Waals surface area contributed by atoms with Crippen LogP contribution < -0.4 is 20.1 Å². The first-order chi connectivity index (χ1) is 11.7. The second-order valence-corrected chi connectivity index (χ2v) is 5.44. The van der Waals surface area contributed by atoms with Crippen molar-refractivity contribution < 1.29 is 23.1 Å². The van der Waals surface area contributed by atoms with Crippen LogP contribution in [0.4, 0.5) is 16.5 Å². The van der Waals surface area contributed by atoms with Crippen molar-refractivity contribution in [3.63, 3.8) is 0 Å². The molecule has 10 heteroatoms. The summed E-state index contributed by atoms with van der Waals surface area (Å²) in [6.07, 6.45) is 0. The summed E-state index contributed by atoms with van der Waals surface area (Å²) < 4.78 is 21.6. The number of halogens is 1. The Morgan fingerprint density at radius 3 is 2.75 bits per heavy atom. The highest BCUT2D eigenvalue weighted by Crippen LogP contribution is 2.34. The van der Waals surface area contributed by atoms with Crippen molar-refractivity contribution in [3.8, 4) is 23.1 Å². The summed E-state index contributed by atoms with van der Waals surface area (Å²) in [4.78, 5) is 12.0. The molecule has 0 radical (unpaired) electrons. The van der Waals surface area contributed by atoms with Crippen LogP contribution in [0.5, 0.6) is 11.5 Å². The molecule has 0 spiro atoms. The first-order valence-corrected chi connectivity index (χ1v) is 7.53. The average Bonchev–Trinajstić information content (AvgIpc) is 3.27. The Kier molecular flexibility index (Phi) is 3.58. The number of carbonyl (C=O) groups is 1. The molecule has 4 rings (SSSR count). The quantitative estimate of drug-likeness (QED) is 0.701. The zero-order chi connectivity index (χ0) is 16.5.